The minimum Gasteiger partial charge on any atom is -0.359 e. The molecule has 0 aliphatic carbocycles. The number of hydrogen-bond donors (Lipinski definition) is 2. The van der Waals surface area contributed by atoms with E-state index in [4.69, 9.17) is 5.10 Å². The molecule has 3 heterocycles. The van der Waals surface area contributed by atoms with Gasteiger partial charge in [-0.2, -0.15) is 5.10 Å². The lowest BCUT2D eigenvalue weighted by Gasteiger charge is -2.09. The average molecular weight is 303 g/mol. The van der Waals surface area contributed by atoms with E-state index >= 15 is 0 Å². The van der Waals surface area contributed by atoms with Gasteiger partial charge in [0.2, 0.25) is 0 Å². The molecule has 0 bridgehead atoms. The summed E-state index contributed by atoms with van der Waals surface area (Å²) in [4.78, 5) is 3.39. The Morgan fingerprint density at radius 2 is 2.05 bits per heavy atom. The maximum atomic E-state index is 4.76. The van der Waals surface area contributed by atoms with E-state index in [2.05, 4.69) is 48.5 Å². The van der Waals surface area contributed by atoms with Crippen molar-refractivity contribution in [3.8, 4) is 5.69 Å². The number of aromatic amines is 1. The van der Waals surface area contributed by atoms with Crippen LogP contribution in [0.3, 0.4) is 0 Å². The van der Waals surface area contributed by atoms with Crippen LogP contribution >= 0.6 is 12.4 Å². The molecule has 2 N–H and O–H groups in total. The maximum Gasteiger partial charge on any atom is 0.0686 e. The van der Waals surface area contributed by atoms with Crippen molar-refractivity contribution in [2.45, 2.75) is 26.8 Å². The fourth-order valence-electron chi connectivity index (χ4n) is 3.03. The van der Waals surface area contributed by atoms with Crippen LogP contribution in [0.2, 0.25) is 0 Å². The molecule has 0 radical (unpaired) electrons. The molecule has 0 saturated heterocycles. The van der Waals surface area contributed by atoms with E-state index in [9.17, 15) is 0 Å². The highest BCUT2D eigenvalue weighted by Crippen LogP contribution is 2.24. The van der Waals surface area contributed by atoms with Crippen molar-refractivity contribution < 1.29 is 0 Å². The molecular formula is C16H19ClN4. The summed E-state index contributed by atoms with van der Waals surface area (Å²) in [5.74, 6) is 0. The summed E-state index contributed by atoms with van der Waals surface area (Å²) in [5, 5.41) is 9.40. The largest absolute Gasteiger partial charge is 0.359 e. The van der Waals surface area contributed by atoms with Gasteiger partial charge in [-0.1, -0.05) is 0 Å². The first kappa shape index (κ1) is 14.2. The van der Waals surface area contributed by atoms with E-state index in [1.807, 2.05) is 4.68 Å². The third kappa shape index (κ3) is 2.34. The molecule has 1 aromatic carbocycles. The van der Waals surface area contributed by atoms with E-state index in [-0.39, 0.29) is 12.4 Å². The molecule has 0 atom stereocenters. The zero-order valence-electron chi connectivity index (χ0n) is 12.2. The fraction of sp³-hybridized carbons (Fsp3) is 0.312. The average Bonchev–Trinajstić information content (AvgIpc) is 2.99. The minimum absolute atomic E-state index is 0. The molecular weight excluding hydrogens is 284 g/mol. The van der Waals surface area contributed by atoms with Crippen LogP contribution in [-0.2, 0) is 13.0 Å². The van der Waals surface area contributed by atoms with Crippen LogP contribution in [0.25, 0.3) is 16.6 Å². The maximum absolute atomic E-state index is 4.76. The van der Waals surface area contributed by atoms with Crippen molar-refractivity contribution in [2.75, 3.05) is 6.54 Å². The molecule has 0 saturated carbocycles. The third-order valence-electron chi connectivity index (χ3n) is 4.05. The highest BCUT2D eigenvalue weighted by Gasteiger charge is 2.15. The summed E-state index contributed by atoms with van der Waals surface area (Å²) >= 11 is 0. The van der Waals surface area contributed by atoms with E-state index < -0.39 is 0 Å². The van der Waals surface area contributed by atoms with Gasteiger partial charge in [0.25, 0.3) is 0 Å². The molecule has 2 aromatic heterocycles. The summed E-state index contributed by atoms with van der Waals surface area (Å²) in [5.41, 5.74) is 7.36. The quantitative estimate of drug-likeness (QED) is 0.726. The molecule has 3 aromatic rings. The first-order chi connectivity index (χ1) is 9.70. The van der Waals surface area contributed by atoms with Crippen molar-refractivity contribution >= 4 is 23.3 Å². The molecule has 21 heavy (non-hydrogen) atoms. The lowest BCUT2D eigenvalue weighted by molar-refractivity contribution is 0.635. The van der Waals surface area contributed by atoms with Gasteiger partial charge in [0.15, 0.2) is 0 Å². The number of fused-ring (bicyclic) bond motifs is 2. The van der Waals surface area contributed by atoms with E-state index in [1.54, 1.807) is 0 Å². The van der Waals surface area contributed by atoms with Crippen LogP contribution in [0.4, 0.5) is 0 Å². The number of benzene rings is 1. The number of nitrogens with zero attached hydrogens (tertiary/aromatic N) is 2. The van der Waals surface area contributed by atoms with Crippen LogP contribution < -0.4 is 5.32 Å². The predicted octanol–water partition coefficient (Wildman–Crippen LogP) is 3.04. The lowest BCUT2D eigenvalue weighted by Crippen LogP contribution is -2.22. The lowest BCUT2D eigenvalue weighted by atomic mass is 10.1. The van der Waals surface area contributed by atoms with Crippen LogP contribution in [-0.4, -0.2) is 21.3 Å². The summed E-state index contributed by atoms with van der Waals surface area (Å²) in [6, 6.07) is 6.61. The highest BCUT2D eigenvalue weighted by atomic mass is 35.5. The van der Waals surface area contributed by atoms with Crippen LogP contribution in [0.1, 0.15) is 22.5 Å². The number of aryl methyl sites for hydroxylation is 2. The molecule has 4 rings (SSSR count). The first-order valence-corrected chi connectivity index (χ1v) is 7.09. The Morgan fingerprint density at radius 1 is 1.19 bits per heavy atom. The van der Waals surface area contributed by atoms with Gasteiger partial charge >= 0.3 is 0 Å². The summed E-state index contributed by atoms with van der Waals surface area (Å²) < 4.78 is 2.04. The molecule has 1 aliphatic rings. The minimum atomic E-state index is 0. The number of aromatic nitrogens is 3. The predicted molar refractivity (Wildman–Crippen MR) is 87.6 cm³/mol. The summed E-state index contributed by atoms with van der Waals surface area (Å²) in [6.07, 6.45) is 3.18. The van der Waals surface area contributed by atoms with Gasteiger partial charge in [0, 0.05) is 47.9 Å². The highest BCUT2D eigenvalue weighted by molar-refractivity contribution is 5.85. The number of H-pyrrole nitrogens is 1. The van der Waals surface area contributed by atoms with E-state index in [1.165, 1.54) is 39.1 Å². The second kappa shape index (κ2) is 5.20. The topological polar surface area (TPSA) is 45.6 Å². The first-order valence-electron chi connectivity index (χ1n) is 7.09. The van der Waals surface area contributed by atoms with Crippen molar-refractivity contribution in [1.82, 2.24) is 20.1 Å². The molecule has 110 valence electrons. The Kier molecular flexibility index (Phi) is 3.51. The molecule has 0 fully saturated rings. The number of rotatable bonds is 1. The molecule has 4 nitrogen and oxygen atoms in total. The number of hydrogen-bond acceptors (Lipinski definition) is 2. The standard InChI is InChI=1S/C16H18N4.ClH/c1-10-5-15-12(6-11(2)18-15)7-16(10)20-9-13-8-17-4-3-14(13)19-20;/h5-7,9,17-18H,3-4,8H2,1-2H3;1H. The van der Waals surface area contributed by atoms with Gasteiger partial charge in [0.05, 0.1) is 11.4 Å². The summed E-state index contributed by atoms with van der Waals surface area (Å²) in [6.45, 7) is 6.19. The smallest absolute Gasteiger partial charge is 0.0686 e. The van der Waals surface area contributed by atoms with Gasteiger partial charge in [-0.15, -0.1) is 12.4 Å². The van der Waals surface area contributed by atoms with Gasteiger partial charge < -0.3 is 10.3 Å². The van der Waals surface area contributed by atoms with Gasteiger partial charge in [-0.05, 0) is 37.6 Å². The van der Waals surface area contributed by atoms with E-state index in [0.717, 1.165) is 19.5 Å². The Hall–Kier alpha value is -1.78. The van der Waals surface area contributed by atoms with Gasteiger partial charge in [0.1, 0.15) is 0 Å². The van der Waals surface area contributed by atoms with Crippen LogP contribution in [0, 0.1) is 13.8 Å². The SMILES string of the molecule is Cc1cc2cc(-n3cc4c(n3)CCNC4)c(C)cc2[nH]1.Cl. The van der Waals surface area contributed by atoms with Crippen molar-refractivity contribution in [3.05, 3.63) is 46.9 Å². The Bertz CT molecular complexity index is 777. The molecule has 5 heteroatoms. The second-order valence-corrected chi connectivity index (χ2v) is 5.65. The molecule has 1 aliphatic heterocycles. The zero-order valence-corrected chi connectivity index (χ0v) is 13.0. The second-order valence-electron chi connectivity index (χ2n) is 5.65. The van der Waals surface area contributed by atoms with Crippen molar-refractivity contribution in [1.29, 1.82) is 0 Å². The molecule has 0 spiro atoms. The number of halogens is 1. The molecule has 0 unspecified atom stereocenters. The van der Waals surface area contributed by atoms with E-state index in [0.29, 0.717) is 0 Å². The fourth-order valence-corrected chi connectivity index (χ4v) is 3.03. The zero-order chi connectivity index (χ0) is 13.7. The van der Waals surface area contributed by atoms with Crippen molar-refractivity contribution in [2.24, 2.45) is 0 Å². The third-order valence-corrected chi connectivity index (χ3v) is 4.05. The monoisotopic (exact) mass is 302 g/mol. The van der Waals surface area contributed by atoms with Gasteiger partial charge in [-0.25, -0.2) is 4.68 Å². The number of nitrogens with one attached hydrogen (secondary N) is 2. The molecule has 0 amide bonds. The Morgan fingerprint density at radius 3 is 2.86 bits per heavy atom. The Balaban J connectivity index is 0.00000132. The van der Waals surface area contributed by atoms with Crippen LogP contribution in [0.15, 0.2) is 24.4 Å². The van der Waals surface area contributed by atoms with Crippen LogP contribution in [0.5, 0.6) is 0 Å². The summed E-state index contributed by atoms with van der Waals surface area (Å²) in [7, 11) is 0. The van der Waals surface area contributed by atoms with Gasteiger partial charge in [-0.3, -0.25) is 0 Å². The Labute approximate surface area is 130 Å². The normalized spacial score (nSPS) is 14.0. The van der Waals surface area contributed by atoms with Crippen molar-refractivity contribution in [3.63, 3.8) is 0 Å².